The van der Waals surface area contributed by atoms with Crippen molar-refractivity contribution in [2.75, 3.05) is 13.2 Å². The van der Waals surface area contributed by atoms with E-state index in [0.29, 0.717) is 22.3 Å². The Kier molecular flexibility index (Phi) is 7.20. The van der Waals surface area contributed by atoms with Crippen molar-refractivity contribution in [2.45, 2.75) is 22.0 Å². The number of rotatable bonds is 9. The molecule has 0 radical (unpaired) electrons. The number of nitrogens with one attached hydrogen (secondary N) is 1. The van der Waals surface area contributed by atoms with Gasteiger partial charge in [-0.3, -0.25) is 0 Å². The third-order valence-electron chi connectivity index (χ3n) is 4.28. The lowest BCUT2D eigenvalue weighted by Crippen LogP contribution is -2.31. The van der Waals surface area contributed by atoms with Gasteiger partial charge in [0.1, 0.15) is 11.0 Å². The summed E-state index contributed by atoms with van der Waals surface area (Å²) >= 11 is 7.12. The van der Waals surface area contributed by atoms with E-state index in [9.17, 15) is 16.8 Å². The second-order valence-electron chi connectivity index (χ2n) is 6.26. The molecule has 0 aliphatic rings. The molecule has 0 aliphatic carbocycles. The Bertz CT molecular complexity index is 1170. The summed E-state index contributed by atoms with van der Waals surface area (Å²) in [6, 6.07) is 15.2. The molecule has 1 atom stereocenters. The topological polar surface area (TPSA) is 89.5 Å². The fraction of sp³-hybridized carbons (Fsp3) is 0.200. The summed E-state index contributed by atoms with van der Waals surface area (Å²) in [6.07, 6.45) is 0. The number of thiophene rings is 1. The van der Waals surface area contributed by atoms with Gasteiger partial charge in [-0.1, -0.05) is 17.7 Å². The molecule has 0 saturated heterocycles. The highest BCUT2D eigenvalue weighted by atomic mass is 35.5. The van der Waals surface area contributed by atoms with Crippen molar-refractivity contribution in [2.24, 2.45) is 0 Å². The lowest BCUT2D eigenvalue weighted by Gasteiger charge is -2.18. The van der Waals surface area contributed by atoms with Crippen molar-refractivity contribution in [3.05, 3.63) is 75.9 Å². The van der Waals surface area contributed by atoms with E-state index < -0.39 is 25.1 Å². The second-order valence-corrected chi connectivity index (χ2v) is 11.6. The fourth-order valence-corrected chi connectivity index (χ4v) is 6.84. The number of sulfonamides is 1. The van der Waals surface area contributed by atoms with Crippen LogP contribution >= 0.6 is 22.9 Å². The van der Waals surface area contributed by atoms with E-state index >= 15 is 0 Å². The molecule has 0 aliphatic heterocycles. The van der Waals surface area contributed by atoms with Gasteiger partial charge in [0.2, 0.25) is 10.0 Å². The maximum atomic E-state index is 13.2. The van der Waals surface area contributed by atoms with Crippen molar-refractivity contribution in [3.8, 4) is 5.75 Å². The zero-order valence-corrected chi connectivity index (χ0v) is 19.2. The minimum atomic E-state index is -3.91. The molecule has 0 saturated carbocycles. The van der Waals surface area contributed by atoms with Gasteiger partial charge in [-0.2, -0.15) is 0 Å². The summed E-state index contributed by atoms with van der Waals surface area (Å²) in [4.78, 5) is 0.643. The van der Waals surface area contributed by atoms with Gasteiger partial charge in [-0.25, -0.2) is 21.6 Å². The Morgan fingerprint density at radius 3 is 2.17 bits per heavy atom. The van der Waals surface area contributed by atoms with Gasteiger partial charge in [0.25, 0.3) is 0 Å². The van der Waals surface area contributed by atoms with E-state index in [-0.39, 0.29) is 16.3 Å². The summed E-state index contributed by atoms with van der Waals surface area (Å²) in [6.45, 7) is 1.99. The van der Waals surface area contributed by atoms with Crippen LogP contribution < -0.4 is 9.46 Å². The lowest BCUT2D eigenvalue weighted by atomic mass is 10.3. The van der Waals surface area contributed by atoms with Crippen molar-refractivity contribution in [1.29, 1.82) is 0 Å². The van der Waals surface area contributed by atoms with Gasteiger partial charge < -0.3 is 4.74 Å². The minimum Gasteiger partial charge on any atom is -0.494 e. The number of hydrogen-bond donors (Lipinski definition) is 1. The van der Waals surface area contributed by atoms with Crippen LogP contribution in [0.2, 0.25) is 5.02 Å². The van der Waals surface area contributed by atoms with E-state index in [0.717, 1.165) is 0 Å². The Hall–Kier alpha value is -1.91. The number of benzene rings is 2. The molecule has 0 spiro atoms. The van der Waals surface area contributed by atoms with Crippen molar-refractivity contribution >= 4 is 42.8 Å². The first-order valence-electron chi connectivity index (χ1n) is 8.99. The summed E-state index contributed by atoms with van der Waals surface area (Å²) in [5.74, 6) is 0.554. The smallest absolute Gasteiger partial charge is 0.240 e. The quantitative estimate of drug-likeness (QED) is 0.488. The zero-order valence-electron chi connectivity index (χ0n) is 16.0. The van der Waals surface area contributed by atoms with E-state index in [1.54, 1.807) is 29.6 Å². The molecule has 6 nitrogen and oxygen atoms in total. The number of ether oxygens (including phenoxy) is 1. The van der Waals surface area contributed by atoms with Crippen molar-refractivity contribution in [1.82, 2.24) is 4.72 Å². The molecule has 3 rings (SSSR count). The van der Waals surface area contributed by atoms with Crippen LogP contribution in [0.4, 0.5) is 0 Å². The third kappa shape index (κ3) is 5.22. The molecular weight excluding hydrogens is 466 g/mol. The molecule has 0 unspecified atom stereocenters. The van der Waals surface area contributed by atoms with Gasteiger partial charge in [0.15, 0.2) is 9.84 Å². The van der Waals surface area contributed by atoms with E-state index in [2.05, 4.69) is 4.72 Å². The van der Waals surface area contributed by atoms with Gasteiger partial charge in [-0.15, -0.1) is 11.3 Å². The molecule has 0 bridgehead atoms. The molecule has 3 aromatic rings. The summed E-state index contributed by atoms with van der Waals surface area (Å²) in [5, 5.41) is 1.09. The standard InChI is InChI=1S/C20H20ClNO5S3/c1-2-27-16-7-11-18(12-8-16)30(25,26)22-14-20(19-4-3-13-28-19)29(23,24)17-9-5-15(21)6-10-17/h3-13,20,22H,2,14H2,1H3/t20-/m0/s1. The Labute approximate surface area is 185 Å². The van der Waals surface area contributed by atoms with Crippen LogP contribution in [0.5, 0.6) is 5.75 Å². The highest BCUT2D eigenvalue weighted by Crippen LogP contribution is 2.32. The van der Waals surface area contributed by atoms with Crippen molar-refractivity contribution in [3.63, 3.8) is 0 Å². The molecular formula is C20H20ClNO5S3. The monoisotopic (exact) mass is 485 g/mol. The Balaban J connectivity index is 1.86. The Morgan fingerprint density at radius 1 is 0.967 bits per heavy atom. The molecule has 0 fully saturated rings. The third-order valence-corrected chi connectivity index (χ3v) is 9.21. The van der Waals surface area contributed by atoms with Gasteiger partial charge in [0.05, 0.1) is 16.4 Å². The van der Waals surface area contributed by atoms with Crippen LogP contribution in [0.1, 0.15) is 17.1 Å². The molecule has 1 heterocycles. The maximum Gasteiger partial charge on any atom is 0.240 e. The first kappa shape index (κ1) is 22.8. The largest absolute Gasteiger partial charge is 0.494 e. The van der Waals surface area contributed by atoms with E-state index in [1.165, 1.54) is 47.7 Å². The highest BCUT2D eigenvalue weighted by molar-refractivity contribution is 7.92. The highest BCUT2D eigenvalue weighted by Gasteiger charge is 2.31. The van der Waals surface area contributed by atoms with Gasteiger partial charge in [-0.05, 0) is 66.9 Å². The van der Waals surface area contributed by atoms with Crippen LogP contribution in [0.15, 0.2) is 75.8 Å². The summed E-state index contributed by atoms with van der Waals surface area (Å²) in [7, 11) is -7.77. The van der Waals surface area contributed by atoms with Crippen LogP contribution in [0.25, 0.3) is 0 Å². The van der Waals surface area contributed by atoms with Crippen LogP contribution in [-0.2, 0) is 19.9 Å². The lowest BCUT2D eigenvalue weighted by molar-refractivity contribution is 0.340. The predicted molar refractivity (Wildman–Crippen MR) is 118 cm³/mol. The number of hydrogen-bond acceptors (Lipinski definition) is 6. The van der Waals surface area contributed by atoms with Gasteiger partial charge in [0, 0.05) is 16.4 Å². The summed E-state index contributed by atoms with van der Waals surface area (Å²) in [5.41, 5.74) is 0. The maximum absolute atomic E-state index is 13.2. The molecule has 1 aromatic heterocycles. The molecule has 2 aromatic carbocycles. The zero-order chi connectivity index (χ0) is 21.8. The molecule has 1 N–H and O–H groups in total. The molecule has 0 amide bonds. The molecule has 10 heteroatoms. The normalized spacial score (nSPS) is 13.1. The van der Waals surface area contributed by atoms with Crippen molar-refractivity contribution < 1.29 is 21.6 Å². The van der Waals surface area contributed by atoms with E-state index in [1.807, 2.05) is 6.92 Å². The SMILES string of the molecule is CCOc1ccc(S(=O)(=O)NC[C@@H](c2cccs2)S(=O)(=O)c2ccc(Cl)cc2)cc1. The van der Waals surface area contributed by atoms with E-state index in [4.69, 9.17) is 16.3 Å². The predicted octanol–water partition coefficient (Wildman–Crippen LogP) is 4.29. The number of sulfone groups is 1. The first-order chi connectivity index (χ1) is 14.2. The average molecular weight is 486 g/mol. The molecule has 30 heavy (non-hydrogen) atoms. The first-order valence-corrected chi connectivity index (χ1v) is 13.3. The second kappa shape index (κ2) is 9.49. The average Bonchev–Trinajstić information content (AvgIpc) is 3.23. The molecule has 160 valence electrons. The van der Waals surface area contributed by atoms with Crippen LogP contribution in [0, 0.1) is 0 Å². The van der Waals surface area contributed by atoms with Gasteiger partial charge >= 0.3 is 0 Å². The summed E-state index contributed by atoms with van der Waals surface area (Å²) < 4.78 is 59.6. The Morgan fingerprint density at radius 2 is 1.60 bits per heavy atom. The minimum absolute atomic E-state index is 0.0276. The van der Waals surface area contributed by atoms with Crippen LogP contribution in [-0.4, -0.2) is 30.0 Å². The van der Waals surface area contributed by atoms with Crippen LogP contribution in [0.3, 0.4) is 0 Å². The fourth-order valence-electron chi connectivity index (χ4n) is 2.78. The number of halogens is 1.